The average molecular weight is 316 g/mol. The van der Waals surface area contributed by atoms with E-state index >= 15 is 0 Å². The molecule has 0 fully saturated rings. The van der Waals surface area contributed by atoms with E-state index in [-0.39, 0.29) is 18.0 Å². The molecule has 0 heterocycles. The minimum atomic E-state index is -0.367. The van der Waals surface area contributed by atoms with Crippen molar-refractivity contribution in [3.05, 3.63) is 108 Å². The number of esters is 1. The Bertz CT molecular complexity index is 727. The minimum Gasteiger partial charge on any atom is -0.457 e. The van der Waals surface area contributed by atoms with E-state index < -0.39 is 0 Å². The summed E-state index contributed by atoms with van der Waals surface area (Å²) in [6.45, 7) is 1.46. The summed E-state index contributed by atoms with van der Waals surface area (Å²) in [7, 11) is 0. The third-order valence-electron chi connectivity index (χ3n) is 4.04. The van der Waals surface area contributed by atoms with Crippen LogP contribution in [0, 0.1) is 0 Å². The fourth-order valence-corrected chi connectivity index (χ4v) is 3.01. The monoisotopic (exact) mass is 316 g/mol. The Kier molecular flexibility index (Phi) is 5.07. The van der Waals surface area contributed by atoms with Crippen molar-refractivity contribution in [3.63, 3.8) is 0 Å². The van der Waals surface area contributed by atoms with Crippen LogP contribution in [0.25, 0.3) is 0 Å². The summed E-state index contributed by atoms with van der Waals surface area (Å²) in [6.07, 6.45) is -0.367. The van der Waals surface area contributed by atoms with Gasteiger partial charge in [-0.05, 0) is 16.7 Å². The van der Waals surface area contributed by atoms with Gasteiger partial charge in [-0.2, -0.15) is 0 Å². The number of benzene rings is 3. The van der Waals surface area contributed by atoms with Crippen LogP contribution in [0.2, 0.25) is 0 Å². The van der Waals surface area contributed by atoms with E-state index in [1.54, 1.807) is 0 Å². The zero-order chi connectivity index (χ0) is 16.8. The maximum absolute atomic E-state index is 11.8. The predicted octanol–water partition coefficient (Wildman–Crippen LogP) is 5.12. The van der Waals surface area contributed by atoms with Crippen molar-refractivity contribution in [1.82, 2.24) is 0 Å². The first-order chi connectivity index (χ1) is 11.8. The first kappa shape index (κ1) is 16.0. The Morgan fingerprint density at radius 2 is 1.04 bits per heavy atom. The smallest absolute Gasteiger partial charge is 0.303 e. The summed E-state index contributed by atoms with van der Waals surface area (Å²) in [6, 6.07) is 30.3. The first-order valence-corrected chi connectivity index (χ1v) is 8.08. The first-order valence-electron chi connectivity index (χ1n) is 8.08. The van der Waals surface area contributed by atoms with E-state index in [9.17, 15) is 4.79 Å². The van der Waals surface area contributed by atoms with Gasteiger partial charge in [0.05, 0.1) is 5.92 Å². The molecule has 0 aliphatic rings. The lowest BCUT2D eigenvalue weighted by Gasteiger charge is -2.28. The van der Waals surface area contributed by atoms with Crippen molar-refractivity contribution in [2.75, 3.05) is 0 Å². The van der Waals surface area contributed by atoms with Gasteiger partial charge < -0.3 is 4.74 Å². The Labute approximate surface area is 142 Å². The molecule has 2 heteroatoms. The van der Waals surface area contributed by atoms with Crippen LogP contribution >= 0.6 is 0 Å². The lowest BCUT2D eigenvalue weighted by atomic mass is 9.83. The molecule has 3 aromatic rings. The third kappa shape index (κ3) is 3.72. The quantitative estimate of drug-likeness (QED) is 0.610. The molecule has 0 aromatic heterocycles. The fraction of sp³-hybridized carbons (Fsp3) is 0.136. The maximum atomic E-state index is 11.8. The maximum Gasteiger partial charge on any atom is 0.303 e. The van der Waals surface area contributed by atoms with Gasteiger partial charge in [-0.3, -0.25) is 4.79 Å². The van der Waals surface area contributed by atoms with Gasteiger partial charge in [0.2, 0.25) is 0 Å². The minimum absolute atomic E-state index is 0.0568. The van der Waals surface area contributed by atoms with Crippen molar-refractivity contribution in [1.29, 1.82) is 0 Å². The largest absolute Gasteiger partial charge is 0.457 e. The summed E-state index contributed by atoms with van der Waals surface area (Å²) in [5, 5.41) is 0. The SMILES string of the molecule is CC(=O)OC(c1ccccc1)C(c1ccccc1)c1ccccc1. The molecule has 24 heavy (non-hydrogen) atoms. The molecule has 2 nitrogen and oxygen atoms in total. The molecule has 0 saturated heterocycles. The Balaban J connectivity index is 2.12. The molecule has 0 aliphatic carbocycles. The van der Waals surface area contributed by atoms with Crippen LogP contribution in [0.1, 0.15) is 35.6 Å². The second-order valence-electron chi connectivity index (χ2n) is 5.74. The summed E-state index contributed by atoms with van der Waals surface area (Å²) >= 11 is 0. The van der Waals surface area contributed by atoms with E-state index in [1.165, 1.54) is 6.92 Å². The molecule has 0 saturated carbocycles. The highest BCUT2D eigenvalue weighted by Gasteiger charge is 2.28. The fourth-order valence-electron chi connectivity index (χ4n) is 3.01. The molecular formula is C22H20O2. The molecule has 1 unspecified atom stereocenters. The molecular weight excluding hydrogens is 296 g/mol. The summed E-state index contributed by atoms with van der Waals surface area (Å²) in [4.78, 5) is 11.8. The molecule has 3 rings (SSSR count). The average Bonchev–Trinajstić information content (AvgIpc) is 2.63. The highest BCUT2D eigenvalue weighted by atomic mass is 16.5. The van der Waals surface area contributed by atoms with Crippen LogP contribution < -0.4 is 0 Å². The zero-order valence-corrected chi connectivity index (χ0v) is 13.6. The standard InChI is InChI=1S/C22H20O2/c1-17(23)24-22(20-15-9-4-10-16-20)21(18-11-5-2-6-12-18)19-13-7-3-8-14-19/h2-16,21-22H,1H3. The molecule has 0 N–H and O–H groups in total. The van der Waals surface area contributed by atoms with Crippen LogP contribution in [0.15, 0.2) is 91.0 Å². The van der Waals surface area contributed by atoms with Crippen LogP contribution in [0.3, 0.4) is 0 Å². The van der Waals surface area contributed by atoms with Crippen molar-refractivity contribution >= 4 is 5.97 Å². The molecule has 0 spiro atoms. The van der Waals surface area contributed by atoms with Gasteiger partial charge in [0, 0.05) is 6.92 Å². The molecule has 120 valence electrons. The molecule has 0 aliphatic heterocycles. The van der Waals surface area contributed by atoms with Crippen molar-refractivity contribution in [2.24, 2.45) is 0 Å². The van der Waals surface area contributed by atoms with Crippen LogP contribution in [-0.2, 0) is 9.53 Å². The topological polar surface area (TPSA) is 26.3 Å². The lowest BCUT2D eigenvalue weighted by Crippen LogP contribution is -2.18. The molecule has 1 atom stereocenters. The normalized spacial score (nSPS) is 11.9. The Morgan fingerprint density at radius 3 is 1.42 bits per heavy atom. The van der Waals surface area contributed by atoms with E-state index in [4.69, 9.17) is 4.74 Å². The van der Waals surface area contributed by atoms with Crippen molar-refractivity contribution in [3.8, 4) is 0 Å². The summed E-state index contributed by atoms with van der Waals surface area (Å²) < 4.78 is 5.77. The number of hydrogen-bond donors (Lipinski definition) is 0. The van der Waals surface area contributed by atoms with Gasteiger partial charge in [-0.1, -0.05) is 91.0 Å². The Hall–Kier alpha value is -2.87. The van der Waals surface area contributed by atoms with Crippen LogP contribution in [-0.4, -0.2) is 5.97 Å². The number of carbonyl (C=O) groups is 1. The van der Waals surface area contributed by atoms with Gasteiger partial charge in [0.15, 0.2) is 0 Å². The lowest BCUT2D eigenvalue weighted by molar-refractivity contribution is -0.147. The van der Waals surface area contributed by atoms with Crippen molar-refractivity contribution in [2.45, 2.75) is 18.9 Å². The van der Waals surface area contributed by atoms with E-state index in [2.05, 4.69) is 24.3 Å². The van der Waals surface area contributed by atoms with Gasteiger partial charge >= 0.3 is 5.97 Å². The van der Waals surface area contributed by atoms with Gasteiger partial charge in [-0.25, -0.2) is 0 Å². The number of carbonyl (C=O) groups excluding carboxylic acids is 1. The zero-order valence-electron chi connectivity index (χ0n) is 13.6. The van der Waals surface area contributed by atoms with E-state index in [0.29, 0.717) is 0 Å². The number of hydrogen-bond acceptors (Lipinski definition) is 2. The molecule has 0 bridgehead atoms. The Morgan fingerprint density at radius 1 is 0.667 bits per heavy atom. The molecule has 0 radical (unpaired) electrons. The molecule has 0 amide bonds. The summed E-state index contributed by atoms with van der Waals surface area (Å²) in [5.41, 5.74) is 3.24. The van der Waals surface area contributed by atoms with Gasteiger partial charge in [0.1, 0.15) is 6.10 Å². The predicted molar refractivity (Wildman–Crippen MR) is 95.7 cm³/mol. The van der Waals surface area contributed by atoms with Crippen LogP contribution in [0.4, 0.5) is 0 Å². The van der Waals surface area contributed by atoms with E-state index in [1.807, 2.05) is 66.7 Å². The van der Waals surface area contributed by atoms with Crippen molar-refractivity contribution < 1.29 is 9.53 Å². The van der Waals surface area contributed by atoms with Gasteiger partial charge in [0.25, 0.3) is 0 Å². The highest BCUT2D eigenvalue weighted by Crippen LogP contribution is 2.39. The van der Waals surface area contributed by atoms with Gasteiger partial charge in [-0.15, -0.1) is 0 Å². The number of ether oxygens (including phenoxy) is 1. The molecule has 3 aromatic carbocycles. The van der Waals surface area contributed by atoms with E-state index in [0.717, 1.165) is 16.7 Å². The number of rotatable bonds is 5. The third-order valence-corrected chi connectivity index (χ3v) is 4.04. The second kappa shape index (κ2) is 7.60. The van der Waals surface area contributed by atoms with Crippen LogP contribution in [0.5, 0.6) is 0 Å². The summed E-state index contributed by atoms with van der Waals surface area (Å²) in [5.74, 6) is -0.334. The highest BCUT2D eigenvalue weighted by molar-refractivity contribution is 5.66. The second-order valence-corrected chi connectivity index (χ2v) is 5.74.